The number of nitrogens with two attached hydrogens (primary N) is 2. The Bertz CT molecular complexity index is 758. The summed E-state index contributed by atoms with van der Waals surface area (Å²) in [6, 6.07) is 7.17. The van der Waals surface area contributed by atoms with Crippen molar-refractivity contribution in [2.24, 2.45) is 0 Å². The van der Waals surface area contributed by atoms with Crippen molar-refractivity contribution < 1.29 is 10.2 Å². The standard InChI is InChI=1S/C22H32N2O2/c1-12(15-8-13(23)10-17(19(15)25)21(2,3)4)16-9-14(24)11-18(20(16)26)22(5,6)7/h8-12,25-26H,23-24H2,1-7H3. The third-order valence-corrected chi connectivity index (χ3v) is 4.87. The Kier molecular flexibility index (Phi) is 4.93. The summed E-state index contributed by atoms with van der Waals surface area (Å²) in [4.78, 5) is 0. The minimum absolute atomic E-state index is 0.221. The molecule has 142 valence electrons. The van der Waals surface area contributed by atoms with E-state index in [1.165, 1.54) is 0 Å². The number of hydrogen-bond acceptors (Lipinski definition) is 4. The van der Waals surface area contributed by atoms with Crippen molar-refractivity contribution >= 4 is 11.4 Å². The third kappa shape index (κ3) is 3.74. The second-order valence-electron chi connectivity index (χ2n) is 9.23. The van der Waals surface area contributed by atoms with Crippen LogP contribution in [0.4, 0.5) is 11.4 Å². The van der Waals surface area contributed by atoms with Crippen LogP contribution in [0.25, 0.3) is 0 Å². The van der Waals surface area contributed by atoms with E-state index in [1.807, 2.05) is 60.6 Å². The number of aromatic hydroxyl groups is 2. The van der Waals surface area contributed by atoms with Crippen LogP contribution in [0.1, 0.15) is 76.6 Å². The zero-order valence-corrected chi connectivity index (χ0v) is 16.9. The SMILES string of the molecule is CC(c1cc(N)cc(C(C)(C)C)c1O)c1cc(N)cc(C(C)(C)C)c1O. The molecule has 0 aliphatic carbocycles. The zero-order chi connectivity index (χ0) is 20.0. The lowest BCUT2D eigenvalue weighted by molar-refractivity contribution is 0.430. The maximum Gasteiger partial charge on any atom is 0.123 e. The van der Waals surface area contributed by atoms with Gasteiger partial charge >= 0.3 is 0 Å². The highest BCUT2D eigenvalue weighted by atomic mass is 16.3. The van der Waals surface area contributed by atoms with Gasteiger partial charge in [0, 0.05) is 39.5 Å². The minimum atomic E-state index is -0.260. The van der Waals surface area contributed by atoms with Crippen LogP contribution in [0, 0.1) is 0 Å². The van der Waals surface area contributed by atoms with Gasteiger partial charge in [-0.3, -0.25) is 0 Å². The molecule has 0 amide bonds. The van der Waals surface area contributed by atoms with E-state index in [9.17, 15) is 10.2 Å². The van der Waals surface area contributed by atoms with Gasteiger partial charge < -0.3 is 21.7 Å². The van der Waals surface area contributed by atoms with Gasteiger partial charge in [-0.15, -0.1) is 0 Å². The molecule has 2 aromatic carbocycles. The molecule has 4 nitrogen and oxygen atoms in total. The molecule has 0 aromatic heterocycles. The number of anilines is 2. The van der Waals surface area contributed by atoms with Gasteiger partial charge in [-0.25, -0.2) is 0 Å². The van der Waals surface area contributed by atoms with Crippen molar-refractivity contribution in [2.75, 3.05) is 11.5 Å². The van der Waals surface area contributed by atoms with Gasteiger partial charge in [0.25, 0.3) is 0 Å². The van der Waals surface area contributed by atoms with Crippen LogP contribution >= 0.6 is 0 Å². The van der Waals surface area contributed by atoms with E-state index in [-0.39, 0.29) is 28.2 Å². The maximum absolute atomic E-state index is 10.9. The van der Waals surface area contributed by atoms with Crippen molar-refractivity contribution in [3.05, 3.63) is 46.5 Å². The number of phenolic OH excluding ortho intramolecular Hbond substituents is 2. The Balaban J connectivity index is 2.70. The highest BCUT2D eigenvalue weighted by molar-refractivity contribution is 5.62. The smallest absolute Gasteiger partial charge is 0.123 e. The van der Waals surface area contributed by atoms with Crippen LogP contribution in [-0.2, 0) is 10.8 Å². The first kappa shape index (κ1) is 20.0. The van der Waals surface area contributed by atoms with Crippen molar-refractivity contribution in [1.29, 1.82) is 0 Å². The predicted octanol–water partition coefficient (Wildman–Crippen LogP) is 5.01. The predicted molar refractivity (Wildman–Crippen MR) is 110 cm³/mol. The molecule has 0 aliphatic rings. The summed E-state index contributed by atoms with van der Waals surface area (Å²) in [5, 5.41) is 21.8. The van der Waals surface area contributed by atoms with E-state index in [0.29, 0.717) is 22.5 Å². The molecule has 2 rings (SSSR count). The number of hydrogen-bond donors (Lipinski definition) is 4. The van der Waals surface area contributed by atoms with E-state index in [1.54, 1.807) is 12.1 Å². The van der Waals surface area contributed by atoms with Crippen molar-refractivity contribution in [1.82, 2.24) is 0 Å². The molecule has 6 N–H and O–H groups in total. The van der Waals surface area contributed by atoms with Crippen LogP contribution in [0.3, 0.4) is 0 Å². The van der Waals surface area contributed by atoms with E-state index in [2.05, 4.69) is 0 Å². The average Bonchev–Trinajstić information content (AvgIpc) is 2.48. The second-order valence-corrected chi connectivity index (χ2v) is 9.23. The highest BCUT2D eigenvalue weighted by Crippen LogP contribution is 2.45. The molecule has 0 saturated heterocycles. The quantitative estimate of drug-likeness (QED) is 0.449. The molecule has 0 aliphatic heterocycles. The fourth-order valence-corrected chi connectivity index (χ4v) is 3.33. The monoisotopic (exact) mass is 356 g/mol. The van der Waals surface area contributed by atoms with Gasteiger partial charge in [0.05, 0.1) is 0 Å². The first-order valence-electron chi connectivity index (χ1n) is 8.99. The lowest BCUT2D eigenvalue weighted by Gasteiger charge is -2.27. The summed E-state index contributed by atoms with van der Waals surface area (Å²) >= 11 is 0. The summed E-state index contributed by atoms with van der Waals surface area (Å²) in [5.74, 6) is 0.181. The van der Waals surface area contributed by atoms with Gasteiger partial charge in [-0.1, -0.05) is 48.5 Å². The number of phenols is 2. The Labute approximate surface area is 156 Å². The highest BCUT2D eigenvalue weighted by Gasteiger charge is 2.27. The Morgan fingerprint density at radius 2 is 1.00 bits per heavy atom. The van der Waals surface area contributed by atoms with Gasteiger partial charge in [0.1, 0.15) is 11.5 Å². The third-order valence-electron chi connectivity index (χ3n) is 4.87. The molecule has 26 heavy (non-hydrogen) atoms. The Hall–Kier alpha value is -2.36. The molecule has 4 heteroatoms. The average molecular weight is 357 g/mol. The molecule has 0 saturated carbocycles. The van der Waals surface area contributed by atoms with Crippen LogP contribution in [-0.4, -0.2) is 10.2 Å². The number of nitrogen functional groups attached to an aromatic ring is 2. The molecule has 2 aromatic rings. The minimum Gasteiger partial charge on any atom is -0.507 e. The number of benzene rings is 2. The molecular formula is C22H32N2O2. The molecule has 0 unspecified atom stereocenters. The van der Waals surface area contributed by atoms with E-state index in [0.717, 1.165) is 11.1 Å². The van der Waals surface area contributed by atoms with Gasteiger partial charge in [-0.05, 0) is 35.1 Å². The van der Waals surface area contributed by atoms with Crippen LogP contribution in [0.2, 0.25) is 0 Å². The Morgan fingerprint density at radius 3 is 1.27 bits per heavy atom. The maximum atomic E-state index is 10.9. The first-order valence-corrected chi connectivity index (χ1v) is 8.99. The molecule has 0 fully saturated rings. The molecule has 0 atom stereocenters. The number of rotatable bonds is 2. The molecule has 0 bridgehead atoms. The van der Waals surface area contributed by atoms with E-state index < -0.39 is 0 Å². The largest absolute Gasteiger partial charge is 0.507 e. The summed E-state index contributed by atoms with van der Waals surface area (Å²) in [6.45, 7) is 14.1. The van der Waals surface area contributed by atoms with Crippen molar-refractivity contribution in [2.45, 2.75) is 65.2 Å². The Morgan fingerprint density at radius 1 is 0.692 bits per heavy atom. The second kappa shape index (κ2) is 6.42. The summed E-state index contributed by atoms with van der Waals surface area (Å²) in [6.07, 6.45) is 0. The van der Waals surface area contributed by atoms with E-state index in [4.69, 9.17) is 11.5 Å². The van der Waals surface area contributed by atoms with Crippen LogP contribution in [0.5, 0.6) is 11.5 Å². The summed E-state index contributed by atoms with van der Waals surface area (Å²) in [5.41, 5.74) is 15.9. The zero-order valence-electron chi connectivity index (χ0n) is 16.9. The molecule has 0 spiro atoms. The van der Waals surface area contributed by atoms with Crippen LogP contribution < -0.4 is 11.5 Å². The molecule has 0 radical (unpaired) electrons. The first-order chi connectivity index (χ1) is 11.7. The molecule has 0 heterocycles. The fourth-order valence-electron chi connectivity index (χ4n) is 3.33. The van der Waals surface area contributed by atoms with E-state index >= 15 is 0 Å². The van der Waals surface area contributed by atoms with Gasteiger partial charge in [0.2, 0.25) is 0 Å². The topological polar surface area (TPSA) is 92.5 Å². The summed E-state index contributed by atoms with van der Waals surface area (Å²) in [7, 11) is 0. The fraction of sp³-hybridized carbons (Fsp3) is 0.455. The molecular weight excluding hydrogens is 324 g/mol. The summed E-state index contributed by atoms with van der Waals surface area (Å²) < 4.78 is 0. The lowest BCUT2D eigenvalue weighted by atomic mass is 9.79. The van der Waals surface area contributed by atoms with Crippen molar-refractivity contribution in [3.63, 3.8) is 0 Å². The van der Waals surface area contributed by atoms with Gasteiger partial charge in [-0.2, -0.15) is 0 Å². The van der Waals surface area contributed by atoms with Gasteiger partial charge in [0.15, 0.2) is 0 Å². The van der Waals surface area contributed by atoms with Crippen LogP contribution in [0.15, 0.2) is 24.3 Å². The normalized spacial score (nSPS) is 12.6. The lowest BCUT2D eigenvalue weighted by Crippen LogP contribution is -2.15. The van der Waals surface area contributed by atoms with Crippen molar-refractivity contribution in [3.8, 4) is 11.5 Å².